The minimum absolute atomic E-state index is 0.133. The molecule has 0 amide bonds. The Balaban J connectivity index is 2.63. The van der Waals surface area contributed by atoms with Gasteiger partial charge in [-0.1, -0.05) is 18.2 Å². The van der Waals surface area contributed by atoms with Crippen molar-refractivity contribution in [2.24, 2.45) is 0 Å². The molecule has 2 aromatic rings. The highest BCUT2D eigenvalue weighted by Gasteiger charge is 2.23. The van der Waals surface area contributed by atoms with E-state index in [1.54, 1.807) is 12.1 Å². The first kappa shape index (κ1) is 11.8. The summed E-state index contributed by atoms with van der Waals surface area (Å²) in [6.45, 7) is 0. The van der Waals surface area contributed by atoms with Crippen LogP contribution in [0.5, 0.6) is 5.75 Å². The fourth-order valence-corrected chi connectivity index (χ4v) is 1.87. The number of rotatable bonds is 2. The summed E-state index contributed by atoms with van der Waals surface area (Å²) in [5.74, 6) is -0.133. The predicted octanol–water partition coefficient (Wildman–Crippen LogP) is 0.819. The second kappa shape index (κ2) is 3.95. The molecule has 3 N–H and O–H groups in total. The van der Waals surface area contributed by atoms with Crippen molar-refractivity contribution in [3.8, 4) is 5.75 Å². The Labute approximate surface area is 96.9 Å². The lowest BCUT2D eigenvalue weighted by molar-refractivity contribution is 0.234. The number of aliphatic hydroxyl groups excluding tert-OH is 1. The lowest BCUT2D eigenvalue weighted by Crippen LogP contribution is -2.12. The van der Waals surface area contributed by atoms with Gasteiger partial charge >= 0.3 is 0 Å². The molecule has 1 atom stereocenters. The molecule has 17 heavy (non-hydrogen) atoms. The van der Waals surface area contributed by atoms with Crippen LogP contribution in [-0.4, -0.2) is 28.2 Å². The summed E-state index contributed by atoms with van der Waals surface area (Å²) in [6, 6.07) is 7.43. The molecule has 6 nitrogen and oxygen atoms in total. The van der Waals surface area contributed by atoms with E-state index in [9.17, 15) is 18.6 Å². The van der Waals surface area contributed by atoms with Gasteiger partial charge in [0, 0.05) is 5.39 Å². The van der Waals surface area contributed by atoms with Gasteiger partial charge in [-0.3, -0.25) is 4.55 Å². The largest absolute Gasteiger partial charge is 0.506 e. The van der Waals surface area contributed by atoms with Gasteiger partial charge in [0.15, 0.2) is 0 Å². The molecule has 2 rings (SSSR count). The van der Waals surface area contributed by atoms with E-state index in [4.69, 9.17) is 4.55 Å². The number of pyridine rings is 1. The molecular weight excluding hydrogens is 246 g/mol. The molecule has 7 heteroatoms. The molecule has 90 valence electrons. The van der Waals surface area contributed by atoms with Crippen LogP contribution in [0.2, 0.25) is 0 Å². The molecule has 0 aliphatic carbocycles. The van der Waals surface area contributed by atoms with Gasteiger partial charge in [-0.2, -0.15) is 8.42 Å². The fourth-order valence-electron chi connectivity index (χ4n) is 1.44. The van der Waals surface area contributed by atoms with Crippen LogP contribution < -0.4 is 0 Å². The van der Waals surface area contributed by atoms with E-state index in [-0.39, 0.29) is 17.0 Å². The van der Waals surface area contributed by atoms with Crippen molar-refractivity contribution in [1.82, 2.24) is 4.98 Å². The van der Waals surface area contributed by atoms with E-state index in [0.29, 0.717) is 5.39 Å². The number of nitrogens with zero attached hydrogens (tertiary/aromatic N) is 1. The highest BCUT2D eigenvalue weighted by atomic mass is 32.2. The predicted molar refractivity (Wildman–Crippen MR) is 59.9 cm³/mol. The number of hydrogen-bond acceptors (Lipinski definition) is 5. The number of aliphatic hydroxyl groups is 1. The highest BCUT2D eigenvalue weighted by Crippen LogP contribution is 2.25. The smallest absolute Gasteiger partial charge is 0.298 e. The Morgan fingerprint density at radius 1 is 1.18 bits per heavy atom. The van der Waals surface area contributed by atoms with Crippen LogP contribution in [0, 0.1) is 0 Å². The van der Waals surface area contributed by atoms with Gasteiger partial charge in [0.25, 0.3) is 10.1 Å². The van der Waals surface area contributed by atoms with Gasteiger partial charge < -0.3 is 10.2 Å². The zero-order chi connectivity index (χ0) is 12.6. The molecule has 0 radical (unpaired) electrons. The average molecular weight is 255 g/mol. The second-order valence-electron chi connectivity index (χ2n) is 3.45. The molecule has 0 fully saturated rings. The van der Waals surface area contributed by atoms with Crippen molar-refractivity contribution in [3.63, 3.8) is 0 Å². The number of para-hydroxylation sites is 1. The topological polar surface area (TPSA) is 108 Å². The third kappa shape index (κ3) is 2.21. The summed E-state index contributed by atoms with van der Waals surface area (Å²) in [4.78, 5) is 3.80. The molecule has 0 saturated carbocycles. The maximum atomic E-state index is 10.8. The number of hydrogen-bond donors (Lipinski definition) is 3. The zero-order valence-corrected chi connectivity index (χ0v) is 9.29. The molecule has 0 saturated heterocycles. The van der Waals surface area contributed by atoms with Crippen molar-refractivity contribution in [2.45, 2.75) is 5.44 Å². The second-order valence-corrected chi connectivity index (χ2v) is 4.93. The summed E-state index contributed by atoms with van der Waals surface area (Å²) in [7, 11) is -4.63. The first-order valence-corrected chi connectivity index (χ1v) is 6.13. The van der Waals surface area contributed by atoms with Crippen LogP contribution >= 0.6 is 0 Å². The van der Waals surface area contributed by atoms with E-state index in [2.05, 4.69) is 4.98 Å². The van der Waals surface area contributed by atoms with Gasteiger partial charge in [0.2, 0.25) is 5.44 Å². The van der Waals surface area contributed by atoms with Crippen LogP contribution in [0.4, 0.5) is 0 Å². The van der Waals surface area contributed by atoms with Crippen molar-refractivity contribution in [3.05, 3.63) is 36.0 Å². The monoisotopic (exact) mass is 255 g/mol. The van der Waals surface area contributed by atoms with E-state index in [1.165, 1.54) is 18.2 Å². The van der Waals surface area contributed by atoms with Crippen molar-refractivity contribution in [2.75, 3.05) is 0 Å². The molecule has 1 heterocycles. The summed E-state index contributed by atoms with van der Waals surface area (Å²) in [5.41, 5.74) is -2.21. The Hall–Kier alpha value is -1.70. The van der Waals surface area contributed by atoms with Crippen LogP contribution in [0.1, 0.15) is 11.1 Å². The van der Waals surface area contributed by atoms with E-state index in [1.807, 2.05) is 0 Å². The van der Waals surface area contributed by atoms with Gasteiger partial charge in [-0.25, -0.2) is 4.98 Å². The van der Waals surface area contributed by atoms with E-state index >= 15 is 0 Å². The van der Waals surface area contributed by atoms with Gasteiger partial charge in [0.05, 0.1) is 5.69 Å². The number of phenolic OH excluding ortho intramolecular Hbond substituents is 1. The number of aromatic nitrogens is 1. The molecular formula is C10H9NO5S. The Morgan fingerprint density at radius 2 is 1.88 bits per heavy atom. The van der Waals surface area contributed by atoms with Crippen LogP contribution in [0.25, 0.3) is 10.9 Å². The molecule has 0 spiro atoms. The number of benzene rings is 1. The molecule has 0 aliphatic heterocycles. The fraction of sp³-hybridized carbons (Fsp3) is 0.100. The highest BCUT2D eigenvalue weighted by molar-refractivity contribution is 7.85. The molecule has 1 aromatic heterocycles. The summed E-state index contributed by atoms with van der Waals surface area (Å²) >= 11 is 0. The number of aromatic hydroxyl groups is 1. The third-order valence-electron chi connectivity index (χ3n) is 2.26. The van der Waals surface area contributed by atoms with Crippen molar-refractivity contribution < 1.29 is 23.2 Å². The maximum Gasteiger partial charge on any atom is 0.298 e. The van der Waals surface area contributed by atoms with Gasteiger partial charge in [-0.05, 0) is 12.1 Å². The normalized spacial score (nSPS) is 13.8. The minimum Gasteiger partial charge on any atom is -0.506 e. The maximum absolute atomic E-state index is 10.8. The van der Waals surface area contributed by atoms with Crippen molar-refractivity contribution >= 4 is 21.0 Å². The zero-order valence-electron chi connectivity index (χ0n) is 8.48. The molecule has 1 aromatic carbocycles. The molecule has 0 unspecified atom stereocenters. The van der Waals surface area contributed by atoms with E-state index in [0.717, 1.165) is 0 Å². The average Bonchev–Trinajstić information content (AvgIpc) is 2.27. The lowest BCUT2D eigenvalue weighted by atomic mass is 10.2. The lowest BCUT2D eigenvalue weighted by Gasteiger charge is -2.08. The summed E-state index contributed by atoms with van der Waals surface area (Å²) in [6.07, 6.45) is 0. The summed E-state index contributed by atoms with van der Waals surface area (Å²) in [5, 5.41) is 19.4. The first-order valence-electron chi connectivity index (χ1n) is 4.62. The van der Waals surface area contributed by atoms with E-state index < -0.39 is 15.6 Å². The molecule has 0 aliphatic rings. The Bertz CT molecular complexity index is 667. The van der Waals surface area contributed by atoms with Gasteiger partial charge in [-0.15, -0.1) is 0 Å². The van der Waals surface area contributed by atoms with Crippen LogP contribution in [0.3, 0.4) is 0 Å². The quantitative estimate of drug-likeness (QED) is 0.686. The Morgan fingerprint density at radius 3 is 2.53 bits per heavy atom. The SMILES string of the molecule is O=S(=O)(O)[C@@H](O)c1ccc2cccc(O)c2n1. The standard InChI is InChI=1S/C10H9NO5S/c12-8-3-1-2-6-4-5-7(11-9(6)8)10(13)17(14,15)16/h1-5,10,12-13H,(H,14,15,16)/t10-/m1/s1. The Kier molecular flexibility index (Phi) is 2.74. The number of phenols is 1. The third-order valence-corrected chi connectivity index (χ3v) is 3.06. The first-order chi connectivity index (χ1) is 7.89. The number of fused-ring (bicyclic) bond motifs is 1. The van der Waals surface area contributed by atoms with Crippen LogP contribution in [-0.2, 0) is 10.1 Å². The minimum atomic E-state index is -4.63. The summed E-state index contributed by atoms with van der Waals surface area (Å²) < 4.78 is 30.2. The van der Waals surface area contributed by atoms with Crippen LogP contribution in [0.15, 0.2) is 30.3 Å². The molecule has 0 bridgehead atoms. The van der Waals surface area contributed by atoms with Crippen molar-refractivity contribution in [1.29, 1.82) is 0 Å². The van der Waals surface area contributed by atoms with Gasteiger partial charge in [0.1, 0.15) is 11.3 Å².